The Kier molecular flexibility index (Phi) is 5.86. The Morgan fingerprint density at radius 1 is 1.47 bits per heavy atom. The molecule has 1 aliphatic heterocycles. The van der Waals surface area contributed by atoms with E-state index < -0.39 is 6.09 Å². The Hall–Kier alpha value is -1.52. The second-order valence-corrected chi connectivity index (χ2v) is 4.96. The maximum Gasteiger partial charge on any atom is 0.404 e. The van der Waals surface area contributed by atoms with Gasteiger partial charge in [0, 0.05) is 11.4 Å². The van der Waals surface area contributed by atoms with Crippen molar-refractivity contribution < 1.29 is 9.53 Å². The predicted molar refractivity (Wildman–Crippen MR) is 76.7 cm³/mol. The van der Waals surface area contributed by atoms with Gasteiger partial charge in [-0.25, -0.2) is 4.79 Å². The van der Waals surface area contributed by atoms with Gasteiger partial charge in [-0.05, 0) is 32.3 Å². The number of unbranched alkanes of at least 4 members (excludes halogenated alkanes) is 1. The summed E-state index contributed by atoms with van der Waals surface area (Å²) in [7, 11) is 0. The number of nitrogens with two attached hydrogens (primary N) is 1. The highest BCUT2D eigenvalue weighted by atomic mass is 16.6. The predicted octanol–water partition coefficient (Wildman–Crippen LogP) is 2.92. The van der Waals surface area contributed by atoms with Crippen LogP contribution < -0.4 is 11.2 Å². The zero-order valence-corrected chi connectivity index (χ0v) is 12.3. The number of rotatable bonds is 6. The molecule has 1 aliphatic rings. The van der Waals surface area contributed by atoms with Crippen molar-refractivity contribution >= 4 is 11.8 Å². The van der Waals surface area contributed by atoms with Crippen molar-refractivity contribution in [1.29, 1.82) is 0 Å². The fourth-order valence-corrected chi connectivity index (χ4v) is 2.63. The molecule has 1 amide bonds. The normalized spacial score (nSPS) is 20.6. The van der Waals surface area contributed by atoms with E-state index in [9.17, 15) is 4.79 Å². The average Bonchev–Trinajstić information content (AvgIpc) is 2.36. The molecule has 0 aromatic carbocycles. The minimum atomic E-state index is -0.708. The molecule has 0 saturated heterocycles. The number of ether oxygens (including phenoxy) is 1. The molecule has 0 spiro atoms. The largest absolute Gasteiger partial charge is 0.445 e. The van der Waals surface area contributed by atoms with Crippen molar-refractivity contribution in [1.82, 2.24) is 5.43 Å². The molecule has 1 rings (SSSR count). The highest BCUT2D eigenvalue weighted by molar-refractivity contribution is 5.88. The molecule has 19 heavy (non-hydrogen) atoms. The highest BCUT2D eigenvalue weighted by Crippen LogP contribution is 2.30. The summed E-state index contributed by atoms with van der Waals surface area (Å²) >= 11 is 0. The van der Waals surface area contributed by atoms with Crippen LogP contribution in [-0.2, 0) is 4.74 Å². The third-order valence-electron chi connectivity index (χ3n) is 3.57. The van der Waals surface area contributed by atoms with Gasteiger partial charge in [0.05, 0.1) is 5.92 Å². The number of allylic oxidation sites excluding steroid dienone is 1. The molecule has 0 aromatic heterocycles. The second-order valence-electron chi connectivity index (χ2n) is 4.96. The quantitative estimate of drug-likeness (QED) is 0.776. The summed E-state index contributed by atoms with van der Waals surface area (Å²) in [6.45, 7) is 8.19. The number of carbonyl (C=O) groups excluding carboxylic acids is 1. The van der Waals surface area contributed by atoms with E-state index in [4.69, 9.17) is 10.5 Å². The highest BCUT2D eigenvalue weighted by Gasteiger charge is 2.32. The first-order valence-electron chi connectivity index (χ1n) is 6.97. The van der Waals surface area contributed by atoms with Crippen LogP contribution in [0.5, 0.6) is 0 Å². The maximum atomic E-state index is 11.1. The molecule has 108 valence electrons. The Labute approximate surface area is 115 Å². The summed E-state index contributed by atoms with van der Waals surface area (Å²) in [5.74, 6) is 0.0466. The Morgan fingerprint density at radius 3 is 2.68 bits per heavy atom. The van der Waals surface area contributed by atoms with Crippen LogP contribution in [0.1, 0.15) is 53.4 Å². The summed E-state index contributed by atoms with van der Waals surface area (Å²) in [6, 6.07) is 0. The minimum absolute atomic E-state index is 0.0466. The third kappa shape index (κ3) is 3.98. The molecule has 0 aliphatic carbocycles. The Bertz CT molecular complexity index is 388. The molecule has 0 radical (unpaired) electrons. The van der Waals surface area contributed by atoms with Gasteiger partial charge in [-0.2, -0.15) is 5.10 Å². The van der Waals surface area contributed by atoms with Gasteiger partial charge in [-0.3, -0.25) is 5.43 Å². The van der Waals surface area contributed by atoms with Crippen molar-refractivity contribution in [2.75, 3.05) is 0 Å². The van der Waals surface area contributed by atoms with Crippen LogP contribution in [0.4, 0.5) is 4.79 Å². The fourth-order valence-electron chi connectivity index (χ4n) is 2.63. The van der Waals surface area contributed by atoms with Gasteiger partial charge in [-0.15, -0.1) is 0 Å². The van der Waals surface area contributed by atoms with E-state index in [0.29, 0.717) is 0 Å². The van der Waals surface area contributed by atoms with Crippen LogP contribution >= 0.6 is 0 Å². The van der Waals surface area contributed by atoms with Crippen molar-refractivity contribution in [3.8, 4) is 0 Å². The molecule has 3 N–H and O–H groups in total. The monoisotopic (exact) mass is 267 g/mol. The average molecular weight is 267 g/mol. The number of hydrazone groups is 1. The molecule has 0 aromatic rings. The number of primary amides is 1. The van der Waals surface area contributed by atoms with E-state index in [1.54, 1.807) is 0 Å². The van der Waals surface area contributed by atoms with Gasteiger partial charge in [0.1, 0.15) is 6.10 Å². The topological polar surface area (TPSA) is 76.7 Å². The van der Waals surface area contributed by atoms with Gasteiger partial charge in [0.15, 0.2) is 0 Å². The van der Waals surface area contributed by atoms with E-state index in [-0.39, 0.29) is 12.0 Å². The summed E-state index contributed by atoms with van der Waals surface area (Å²) in [4.78, 5) is 11.1. The lowest BCUT2D eigenvalue weighted by molar-refractivity contribution is 0.0851. The Balaban J connectivity index is 2.98. The molecule has 5 nitrogen and oxygen atoms in total. The summed E-state index contributed by atoms with van der Waals surface area (Å²) < 4.78 is 5.34. The number of nitrogens with one attached hydrogen (secondary N) is 1. The van der Waals surface area contributed by atoms with E-state index in [2.05, 4.69) is 24.4 Å². The molecular weight excluding hydrogens is 242 g/mol. The smallest absolute Gasteiger partial charge is 0.404 e. The number of amides is 1. The lowest BCUT2D eigenvalue weighted by Crippen LogP contribution is -2.38. The summed E-state index contributed by atoms with van der Waals surface area (Å²) in [5.41, 5.74) is 11.5. The maximum absolute atomic E-state index is 11.1. The first kappa shape index (κ1) is 15.5. The van der Waals surface area contributed by atoms with E-state index in [1.807, 2.05) is 13.8 Å². The van der Waals surface area contributed by atoms with E-state index in [1.165, 1.54) is 5.57 Å². The molecule has 0 saturated carbocycles. The first-order chi connectivity index (χ1) is 9.01. The minimum Gasteiger partial charge on any atom is -0.445 e. The van der Waals surface area contributed by atoms with E-state index >= 15 is 0 Å². The SMILES string of the molecule is CCCC[C@@H](OC(N)=O)C1C(C)=NNC(C)=C1CC. The van der Waals surface area contributed by atoms with Crippen molar-refractivity contribution in [3.63, 3.8) is 0 Å². The fraction of sp³-hybridized carbons (Fsp3) is 0.714. The van der Waals surface area contributed by atoms with Gasteiger partial charge in [0.25, 0.3) is 0 Å². The molecule has 1 unspecified atom stereocenters. The van der Waals surface area contributed by atoms with Crippen molar-refractivity contribution in [2.24, 2.45) is 16.8 Å². The van der Waals surface area contributed by atoms with E-state index in [0.717, 1.165) is 37.1 Å². The van der Waals surface area contributed by atoms with Crippen molar-refractivity contribution in [2.45, 2.75) is 59.5 Å². The molecule has 1 heterocycles. The number of nitrogens with zero attached hydrogens (tertiary/aromatic N) is 1. The van der Waals surface area contributed by atoms with Gasteiger partial charge in [0.2, 0.25) is 0 Å². The number of hydrogen-bond donors (Lipinski definition) is 2. The standard InChI is InChI=1S/C14H25N3O2/c1-5-7-8-12(19-14(15)18)13-10(4)17-16-9(3)11(13)6-2/h12-13,16H,5-8H2,1-4H3,(H2,15,18)/t12-,13?/m1/s1. The summed E-state index contributed by atoms with van der Waals surface area (Å²) in [6.07, 6.45) is 2.86. The number of carbonyl (C=O) groups is 1. The lowest BCUT2D eigenvalue weighted by Gasteiger charge is -2.32. The van der Waals surface area contributed by atoms with Crippen LogP contribution in [0, 0.1) is 5.92 Å². The third-order valence-corrected chi connectivity index (χ3v) is 3.57. The molecule has 0 bridgehead atoms. The van der Waals surface area contributed by atoms with Gasteiger partial charge in [-0.1, -0.05) is 26.7 Å². The van der Waals surface area contributed by atoms with Crippen LogP contribution in [0.15, 0.2) is 16.4 Å². The molecule has 0 fully saturated rings. The first-order valence-corrected chi connectivity index (χ1v) is 6.97. The van der Waals surface area contributed by atoms with Crippen LogP contribution in [0.2, 0.25) is 0 Å². The molecule has 2 atom stereocenters. The lowest BCUT2D eigenvalue weighted by atomic mass is 9.83. The zero-order chi connectivity index (χ0) is 14.4. The second kappa shape index (κ2) is 7.16. The Morgan fingerprint density at radius 2 is 2.16 bits per heavy atom. The van der Waals surface area contributed by atoms with Crippen LogP contribution in [0.25, 0.3) is 0 Å². The van der Waals surface area contributed by atoms with Crippen LogP contribution in [-0.4, -0.2) is 17.9 Å². The summed E-state index contributed by atoms with van der Waals surface area (Å²) in [5, 5.41) is 4.30. The van der Waals surface area contributed by atoms with Gasteiger partial charge < -0.3 is 10.5 Å². The van der Waals surface area contributed by atoms with Crippen molar-refractivity contribution in [3.05, 3.63) is 11.3 Å². The van der Waals surface area contributed by atoms with Crippen LogP contribution in [0.3, 0.4) is 0 Å². The molecular formula is C14H25N3O2. The zero-order valence-electron chi connectivity index (χ0n) is 12.3. The number of hydrogen-bond acceptors (Lipinski definition) is 4. The molecule has 5 heteroatoms. The van der Waals surface area contributed by atoms with Gasteiger partial charge >= 0.3 is 6.09 Å².